The van der Waals surface area contributed by atoms with Gasteiger partial charge in [-0.15, -0.1) is 0 Å². The van der Waals surface area contributed by atoms with E-state index in [0.29, 0.717) is 18.9 Å². The summed E-state index contributed by atoms with van der Waals surface area (Å²) in [6, 6.07) is 13.0. The number of fused-ring (bicyclic) bond motifs is 1. The monoisotopic (exact) mass is 449 g/mol. The molecular formula is C23H23N5O3S. The summed E-state index contributed by atoms with van der Waals surface area (Å²) in [7, 11) is -3.34. The molecule has 5 rings (SSSR count). The molecule has 1 fully saturated rings. The topological polar surface area (TPSA) is 101 Å². The van der Waals surface area contributed by atoms with Crippen molar-refractivity contribution in [2.24, 2.45) is 0 Å². The van der Waals surface area contributed by atoms with Crippen molar-refractivity contribution < 1.29 is 13.2 Å². The van der Waals surface area contributed by atoms with Crippen LogP contribution in [0.25, 0.3) is 33.4 Å². The van der Waals surface area contributed by atoms with Gasteiger partial charge in [0.15, 0.2) is 9.84 Å². The third-order valence-corrected chi connectivity index (χ3v) is 6.82. The van der Waals surface area contributed by atoms with Gasteiger partial charge in [-0.25, -0.2) is 13.4 Å². The maximum absolute atomic E-state index is 12.2. The van der Waals surface area contributed by atoms with Crippen molar-refractivity contribution >= 4 is 26.6 Å². The smallest absolute Gasteiger partial charge is 0.175 e. The fraction of sp³-hybridized carbons (Fsp3) is 0.261. The molecule has 164 valence electrons. The Kier molecular flexibility index (Phi) is 5.15. The number of H-pyrrole nitrogens is 1. The molecule has 0 radical (unpaired) electrons. The van der Waals surface area contributed by atoms with Gasteiger partial charge in [-0.3, -0.25) is 10.1 Å². The van der Waals surface area contributed by atoms with Crippen molar-refractivity contribution in [3.05, 3.63) is 54.9 Å². The number of morpholine rings is 1. The van der Waals surface area contributed by atoms with Crippen molar-refractivity contribution in [2.45, 2.75) is 17.9 Å². The van der Waals surface area contributed by atoms with Crippen molar-refractivity contribution in [3.8, 4) is 22.5 Å². The molecule has 0 bridgehead atoms. The van der Waals surface area contributed by atoms with Gasteiger partial charge in [0, 0.05) is 30.6 Å². The van der Waals surface area contributed by atoms with E-state index in [1.165, 1.54) is 6.26 Å². The van der Waals surface area contributed by atoms with Crippen molar-refractivity contribution in [2.75, 3.05) is 30.9 Å². The number of rotatable bonds is 4. The van der Waals surface area contributed by atoms with E-state index >= 15 is 0 Å². The van der Waals surface area contributed by atoms with Crippen LogP contribution in [0.3, 0.4) is 0 Å². The maximum atomic E-state index is 12.2. The molecule has 4 heterocycles. The number of aromatic amines is 1. The van der Waals surface area contributed by atoms with E-state index in [9.17, 15) is 8.42 Å². The van der Waals surface area contributed by atoms with Gasteiger partial charge in [0.1, 0.15) is 17.0 Å². The van der Waals surface area contributed by atoms with Crippen LogP contribution in [-0.2, 0) is 14.6 Å². The van der Waals surface area contributed by atoms with Crippen LogP contribution in [0.15, 0.2) is 59.8 Å². The van der Waals surface area contributed by atoms with Gasteiger partial charge in [-0.2, -0.15) is 5.10 Å². The second-order valence-electron chi connectivity index (χ2n) is 7.97. The molecule has 3 aromatic heterocycles. The van der Waals surface area contributed by atoms with Gasteiger partial charge in [0.2, 0.25) is 0 Å². The lowest BCUT2D eigenvalue weighted by atomic mass is 10.00. The van der Waals surface area contributed by atoms with Crippen LogP contribution in [0.5, 0.6) is 0 Å². The molecule has 8 nitrogen and oxygen atoms in total. The first kappa shape index (κ1) is 20.6. The summed E-state index contributed by atoms with van der Waals surface area (Å²) in [5, 5.41) is 7.93. The predicted molar refractivity (Wildman–Crippen MR) is 123 cm³/mol. The minimum atomic E-state index is -3.34. The number of benzene rings is 1. The molecular weight excluding hydrogens is 426 g/mol. The standard InChI is InChI=1S/C23H23N5O3S/c1-15-14-31-11-10-28(15)21-13-19(16-4-3-5-17(12-16)32(2,29)30)18-6-8-24-23(22(18)26-21)20-7-9-25-27-20/h3-9,12-13,15H,10-11,14H2,1-2H3,(H,25,27)/t15-/m1/s1. The number of ether oxygens (including phenoxy) is 1. The Morgan fingerprint density at radius 3 is 2.78 bits per heavy atom. The number of anilines is 1. The van der Waals surface area contributed by atoms with Gasteiger partial charge in [0.25, 0.3) is 0 Å². The summed E-state index contributed by atoms with van der Waals surface area (Å²) in [4.78, 5) is 12.1. The van der Waals surface area contributed by atoms with Gasteiger partial charge in [0.05, 0.1) is 29.8 Å². The summed E-state index contributed by atoms with van der Waals surface area (Å²) in [5.41, 5.74) is 3.91. The van der Waals surface area contributed by atoms with Crippen LogP contribution in [0.2, 0.25) is 0 Å². The Morgan fingerprint density at radius 2 is 2.03 bits per heavy atom. The predicted octanol–water partition coefficient (Wildman–Crippen LogP) is 3.32. The number of nitrogens with one attached hydrogen (secondary N) is 1. The number of hydrogen-bond donors (Lipinski definition) is 1. The van der Waals surface area contributed by atoms with E-state index in [4.69, 9.17) is 9.72 Å². The van der Waals surface area contributed by atoms with E-state index in [2.05, 4.69) is 27.0 Å². The quantitative estimate of drug-likeness (QED) is 0.510. The van der Waals surface area contributed by atoms with Gasteiger partial charge < -0.3 is 9.64 Å². The zero-order chi connectivity index (χ0) is 22.3. The largest absolute Gasteiger partial charge is 0.377 e. The molecule has 1 aromatic carbocycles. The number of pyridine rings is 2. The first-order chi connectivity index (χ1) is 15.4. The van der Waals surface area contributed by atoms with Gasteiger partial charge >= 0.3 is 0 Å². The fourth-order valence-electron chi connectivity index (χ4n) is 4.07. The molecule has 0 saturated carbocycles. The lowest BCUT2D eigenvalue weighted by molar-refractivity contribution is 0.0986. The molecule has 1 N–H and O–H groups in total. The fourth-order valence-corrected chi connectivity index (χ4v) is 4.74. The molecule has 0 aliphatic carbocycles. The molecule has 4 aromatic rings. The van der Waals surface area contributed by atoms with E-state index in [-0.39, 0.29) is 10.9 Å². The van der Waals surface area contributed by atoms with Crippen LogP contribution in [0.4, 0.5) is 5.82 Å². The highest BCUT2D eigenvalue weighted by atomic mass is 32.2. The maximum Gasteiger partial charge on any atom is 0.175 e. The van der Waals surface area contributed by atoms with Crippen LogP contribution < -0.4 is 4.90 Å². The summed E-state index contributed by atoms with van der Waals surface area (Å²) in [6.45, 7) is 4.08. The van der Waals surface area contributed by atoms with Crippen molar-refractivity contribution in [1.29, 1.82) is 0 Å². The molecule has 1 aliphatic rings. The average Bonchev–Trinajstić information content (AvgIpc) is 3.32. The summed E-state index contributed by atoms with van der Waals surface area (Å²) in [5.74, 6) is 0.807. The molecule has 0 amide bonds. The Morgan fingerprint density at radius 1 is 1.16 bits per heavy atom. The molecule has 32 heavy (non-hydrogen) atoms. The summed E-state index contributed by atoms with van der Waals surface area (Å²) < 4.78 is 30.0. The molecule has 9 heteroatoms. The second kappa shape index (κ2) is 7.99. The highest BCUT2D eigenvalue weighted by Crippen LogP contribution is 2.36. The second-order valence-corrected chi connectivity index (χ2v) is 9.99. The first-order valence-electron chi connectivity index (χ1n) is 10.4. The van der Waals surface area contributed by atoms with Crippen LogP contribution >= 0.6 is 0 Å². The SMILES string of the molecule is C[C@@H]1COCCN1c1cc(-c2cccc(S(C)(=O)=O)c2)c2ccnc(-c3ccn[nH]3)c2n1. The van der Waals surface area contributed by atoms with E-state index < -0.39 is 9.84 Å². The molecule has 1 saturated heterocycles. The normalized spacial score (nSPS) is 17.1. The molecule has 0 spiro atoms. The third kappa shape index (κ3) is 3.74. The lowest BCUT2D eigenvalue weighted by Crippen LogP contribution is -2.44. The Bertz CT molecular complexity index is 1390. The van der Waals surface area contributed by atoms with Crippen molar-refractivity contribution in [3.63, 3.8) is 0 Å². The zero-order valence-electron chi connectivity index (χ0n) is 17.8. The van der Waals surface area contributed by atoms with Crippen LogP contribution in [-0.4, -0.2) is 60.6 Å². The first-order valence-corrected chi connectivity index (χ1v) is 12.3. The molecule has 1 aliphatic heterocycles. The summed E-state index contributed by atoms with van der Waals surface area (Å²) in [6.07, 6.45) is 4.64. The lowest BCUT2D eigenvalue weighted by Gasteiger charge is -2.34. The Hall–Kier alpha value is -3.30. The number of nitrogens with zero attached hydrogens (tertiary/aromatic N) is 4. The van der Waals surface area contributed by atoms with E-state index in [0.717, 1.165) is 40.1 Å². The minimum Gasteiger partial charge on any atom is -0.377 e. The van der Waals surface area contributed by atoms with Crippen LogP contribution in [0, 0.1) is 0 Å². The molecule has 1 atom stereocenters. The number of sulfone groups is 1. The van der Waals surface area contributed by atoms with Gasteiger partial charge in [-0.1, -0.05) is 12.1 Å². The Labute approximate surface area is 186 Å². The zero-order valence-corrected chi connectivity index (χ0v) is 18.6. The highest BCUT2D eigenvalue weighted by molar-refractivity contribution is 7.90. The summed E-state index contributed by atoms with van der Waals surface area (Å²) >= 11 is 0. The number of aromatic nitrogens is 4. The molecule has 0 unspecified atom stereocenters. The van der Waals surface area contributed by atoms with E-state index in [1.54, 1.807) is 30.6 Å². The van der Waals surface area contributed by atoms with Crippen LogP contribution in [0.1, 0.15) is 6.92 Å². The van der Waals surface area contributed by atoms with Crippen molar-refractivity contribution in [1.82, 2.24) is 20.2 Å². The third-order valence-electron chi connectivity index (χ3n) is 5.71. The Balaban J connectivity index is 1.79. The average molecular weight is 450 g/mol. The van der Waals surface area contributed by atoms with Gasteiger partial charge in [-0.05, 0) is 48.4 Å². The minimum absolute atomic E-state index is 0.163. The highest BCUT2D eigenvalue weighted by Gasteiger charge is 2.23. The van der Waals surface area contributed by atoms with E-state index in [1.807, 2.05) is 24.3 Å². The number of hydrogen-bond acceptors (Lipinski definition) is 7.